The number of aliphatic hydroxyl groups excluding tert-OH is 1. The summed E-state index contributed by atoms with van der Waals surface area (Å²) < 4.78 is 11.6. The third kappa shape index (κ3) is 33.4. The van der Waals surface area contributed by atoms with Crippen molar-refractivity contribution in [2.24, 2.45) is 0 Å². The van der Waals surface area contributed by atoms with Crippen molar-refractivity contribution in [3.05, 3.63) is 0 Å². The van der Waals surface area contributed by atoms with Crippen LogP contribution in [0.25, 0.3) is 0 Å². The van der Waals surface area contributed by atoms with Gasteiger partial charge in [0.15, 0.2) is 0 Å². The molecule has 0 saturated heterocycles. The van der Waals surface area contributed by atoms with E-state index in [1.54, 1.807) is 0 Å². The van der Waals surface area contributed by atoms with E-state index in [2.05, 4.69) is 25.7 Å². The summed E-state index contributed by atoms with van der Waals surface area (Å²) in [5.74, 6) is -0.0813. The maximum absolute atomic E-state index is 12.7. The van der Waals surface area contributed by atoms with Crippen LogP contribution in [-0.4, -0.2) is 60.4 Å². The average Bonchev–Trinajstić information content (AvgIpc) is 3.06. The van der Waals surface area contributed by atoms with Crippen molar-refractivity contribution in [3.8, 4) is 0 Å². The Morgan fingerprint density at radius 1 is 0.479 bits per heavy atom. The molecule has 2 atom stereocenters. The predicted molar refractivity (Wildman–Crippen MR) is 204 cm³/mol. The number of hydrogen-bond acceptors (Lipinski definition) is 6. The number of esters is 2. The van der Waals surface area contributed by atoms with Gasteiger partial charge < -0.3 is 19.5 Å². The Balaban J connectivity index is 4.16. The molecular formula is C42H83NO5. The van der Waals surface area contributed by atoms with Crippen LogP contribution in [0.4, 0.5) is 0 Å². The molecule has 48 heavy (non-hydrogen) atoms. The molecule has 0 aromatic carbocycles. The minimum atomic E-state index is -0.0641. The molecule has 0 aromatic heterocycles. The third-order valence-electron chi connectivity index (χ3n) is 9.73. The van der Waals surface area contributed by atoms with E-state index < -0.39 is 0 Å². The van der Waals surface area contributed by atoms with Crippen molar-refractivity contribution in [1.29, 1.82) is 0 Å². The van der Waals surface area contributed by atoms with E-state index in [0.29, 0.717) is 19.4 Å². The van der Waals surface area contributed by atoms with E-state index >= 15 is 0 Å². The summed E-state index contributed by atoms with van der Waals surface area (Å²) in [5.41, 5.74) is 0. The minimum absolute atomic E-state index is 0.0172. The highest BCUT2D eigenvalue weighted by Crippen LogP contribution is 2.18. The van der Waals surface area contributed by atoms with Crippen LogP contribution in [0.5, 0.6) is 0 Å². The molecule has 6 heteroatoms. The van der Waals surface area contributed by atoms with Crippen molar-refractivity contribution >= 4 is 11.9 Å². The second-order valence-corrected chi connectivity index (χ2v) is 14.6. The predicted octanol–water partition coefficient (Wildman–Crippen LogP) is 11.9. The fourth-order valence-corrected chi connectivity index (χ4v) is 6.58. The van der Waals surface area contributed by atoms with Gasteiger partial charge in [0.1, 0.15) is 6.10 Å². The molecule has 0 rings (SSSR count). The molecule has 2 unspecified atom stereocenters. The highest BCUT2D eigenvalue weighted by atomic mass is 16.5. The molecule has 0 aliphatic rings. The molecule has 0 bridgehead atoms. The van der Waals surface area contributed by atoms with Gasteiger partial charge in [-0.2, -0.15) is 0 Å². The summed E-state index contributed by atoms with van der Waals surface area (Å²) in [6.07, 6.45) is 34.1. The first-order chi connectivity index (χ1) is 23.5. The third-order valence-corrected chi connectivity index (χ3v) is 9.73. The van der Waals surface area contributed by atoms with Crippen LogP contribution in [0.2, 0.25) is 0 Å². The molecule has 0 radical (unpaired) electrons. The molecule has 286 valence electrons. The monoisotopic (exact) mass is 682 g/mol. The topological polar surface area (TPSA) is 76.1 Å². The Labute approximate surface area is 299 Å². The zero-order valence-electron chi connectivity index (χ0n) is 32.7. The van der Waals surface area contributed by atoms with Crippen LogP contribution in [0.15, 0.2) is 0 Å². The summed E-state index contributed by atoms with van der Waals surface area (Å²) in [4.78, 5) is 27.3. The van der Waals surface area contributed by atoms with Gasteiger partial charge >= 0.3 is 11.9 Å². The lowest BCUT2D eigenvalue weighted by molar-refractivity contribution is -0.150. The Bertz CT molecular complexity index is 687. The molecule has 0 spiro atoms. The summed E-state index contributed by atoms with van der Waals surface area (Å²) >= 11 is 0. The second kappa shape index (κ2) is 37.1. The number of carbonyl (C=O) groups excluding carboxylic acids is 2. The standard InChI is InChI=1S/C42H83NO5/c1-5-8-11-14-17-20-25-32-40(31-24-19-16-13-10-7-3)48-42(46)34-27-22-29-36-43(37-38-44)35-28-21-26-33-41(45)47-39(4)30-23-18-15-12-9-6-2/h39-40,44H,5-38H2,1-4H3. The average molecular weight is 682 g/mol. The molecule has 6 nitrogen and oxygen atoms in total. The van der Waals surface area contributed by atoms with Gasteiger partial charge in [0, 0.05) is 19.4 Å². The van der Waals surface area contributed by atoms with Crippen molar-refractivity contribution in [1.82, 2.24) is 4.90 Å². The van der Waals surface area contributed by atoms with E-state index in [-0.39, 0.29) is 30.8 Å². The highest BCUT2D eigenvalue weighted by molar-refractivity contribution is 5.69. The summed E-state index contributed by atoms with van der Waals surface area (Å²) in [7, 11) is 0. The van der Waals surface area contributed by atoms with E-state index in [1.807, 2.05) is 6.92 Å². The largest absolute Gasteiger partial charge is 0.463 e. The second-order valence-electron chi connectivity index (χ2n) is 14.6. The van der Waals surface area contributed by atoms with E-state index in [9.17, 15) is 14.7 Å². The fourth-order valence-electron chi connectivity index (χ4n) is 6.58. The molecule has 0 fully saturated rings. The first-order valence-corrected chi connectivity index (χ1v) is 21.2. The van der Waals surface area contributed by atoms with Gasteiger partial charge in [-0.15, -0.1) is 0 Å². The Morgan fingerprint density at radius 3 is 1.29 bits per heavy atom. The molecule has 0 aromatic rings. The highest BCUT2D eigenvalue weighted by Gasteiger charge is 2.15. The lowest BCUT2D eigenvalue weighted by Crippen LogP contribution is -2.29. The van der Waals surface area contributed by atoms with Gasteiger partial charge in [0.2, 0.25) is 0 Å². The van der Waals surface area contributed by atoms with Gasteiger partial charge in [-0.1, -0.05) is 136 Å². The quantitative estimate of drug-likeness (QED) is 0.0516. The lowest BCUT2D eigenvalue weighted by atomic mass is 10.0. The van der Waals surface area contributed by atoms with Crippen molar-refractivity contribution in [3.63, 3.8) is 0 Å². The molecule has 0 aliphatic carbocycles. The van der Waals surface area contributed by atoms with Crippen LogP contribution in [-0.2, 0) is 19.1 Å². The SMILES string of the molecule is CCCCCCCCCC(CCCCCCCC)OC(=O)CCCCCN(CCO)CCCCCC(=O)OC(C)CCCCCCCC. The van der Waals surface area contributed by atoms with Crippen molar-refractivity contribution in [2.45, 2.75) is 233 Å². The van der Waals surface area contributed by atoms with Gasteiger partial charge in [0.05, 0.1) is 12.7 Å². The maximum atomic E-state index is 12.7. The number of unbranched alkanes of at least 4 members (excludes halogenated alkanes) is 20. The van der Waals surface area contributed by atoms with Gasteiger partial charge in [0.25, 0.3) is 0 Å². The number of nitrogens with zero attached hydrogens (tertiary/aromatic N) is 1. The molecule has 0 aliphatic heterocycles. The van der Waals surface area contributed by atoms with E-state index in [0.717, 1.165) is 77.3 Å². The Hall–Kier alpha value is -1.14. The zero-order valence-corrected chi connectivity index (χ0v) is 32.7. The van der Waals surface area contributed by atoms with Crippen LogP contribution >= 0.6 is 0 Å². The van der Waals surface area contributed by atoms with Crippen LogP contribution in [0.1, 0.15) is 220 Å². The van der Waals surface area contributed by atoms with E-state index in [4.69, 9.17) is 9.47 Å². The first kappa shape index (κ1) is 46.9. The van der Waals surface area contributed by atoms with Crippen LogP contribution in [0, 0.1) is 0 Å². The molecular weight excluding hydrogens is 598 g/mol. The van der Waals surface area contributed by atoms with Gasteiger partial charge in [-0.05, 0) is 84.2 Å². The van der Waals surface area contributed by atoms with Crippen LogP contribution in [0.3, 0.4) is 0 Å². The van der Waals surface area contributed by atoms with Crippen LogP contribution < -0.4 is 0 Å². The van der Waals surface area contributed by atoms with Gasteiger partial charge in [-0.3, -0.25) is 9.59 Å². The minimum Gasteiger partial charge on any atom is -0.463 e. The van der Waals surface area contributed by atoms with Gasteiger partial charge in [-0.25, -0.2) is 0 Å². The summed E-state index contributed by atoms with van der Waals surface area (Å²) in [6, 6.07) is 0. The fraction of sp³-hybridized carbons (Fsp3) is 0.952. The van der Waals surface area contributed by atoms with Crippen molar-refractivity contribution in [2.75, 3.05) is 26.2 Å². The molecule has 0 amide bonds. The molecule has 0 heterocycles. The number of carbonyl (C=O) groups is 2. The normalized spacial score (nSPS) is 12.8. The summed E-state index contributed by atoms with van der Waals surface area (Å²) in [6.45, 7) is 11.5. The summed E-state index contributed by atoms with van der Waals surface area (Å²) in [5, 5.41) is 9.55. The Morgan fingerprint density at radius 2 is 0.854 bits per heavy atom. The molecule has 0 saturated carbocycles. The molecule has 1 N–H and O–H groups in total. The van der Waals surface area contributed by atoms with Crippen molar-refractivity contribution < 1.29 is 24.2 Å². The number of rotatable bonds is 38. The van der Waals surface area contributed by atoms with E-state index in [1.165, 1.54) is 116 Å². The zero-order chi connectivity index (χ0) is 35.3. The maximum Gasteiger partial charge on any atom is 0.306 e. The number of hydrogen-bond donors (Lipinski definition) is 1. The Kier molecular flexibility index (Phi) is 36.2. The number of aliphatic hydroxyl groups is 1. The first-order valence-electron chi connectivity index (χ1n) is 21.2. The number of ether oxygens (including phenoxy) is 2. The lowest BCUT2D eigenvalue weighted by Gasteiger charge is -2.21. The smallest absolute Gasteiger partial charge is 0.306 e.